The van der Waals surface area contributed by atoms with E-state index in [1.807, 2.05) is 13.0 Å². The maximum atomic E-state index is 5.11. The van der Waals surface area contributed by atoms with Crippen molar-refractivity contribution in [1.82, 2.24) is 9.55 Å². The topological polar surface area (TPSA) is 39.1 Å². The molecular weight excluding hydrogens is 250 g/mol. The van der Waals surface area contributed by atoms with Crippen LogP contribution in [0, 0.1) is 6.92 Å². The molecule has 1 aromatic heterocycles. The van der Waals surface area contributed by atoms with Gasteiger partial charge in [0.25, 0.3) is 0 Å². The average Bonchev–Trinajstić information content (AvgIpc) is 2.80. The second kappa shape index (κ2) is 7.10. The SMILES string of the molecule is COCCCn1cc(C)nc1NC(C)c1ccccc1. The third-order valence-corrected chi connectivity index (χ3v) is 3.29. The molecule has 4 nitrogen and oxygen atoms in total. The van der Waals surface area contributed by atoms with E-state index in [4.69, 9.17) is 4.74 Å². The van der Waals surface area contributed by atoms with Crippen LogP contribution in [0.5, 0.6) is 0 Å². The average molecular weight is 273 g/mol. The van der Waals surface area contributed by atoms with Crippen LogP contribution < -0.4 is 5.32 Å². The number of aromatic nitrogens is 2. The van der Waals surface area contributed by atoms with Crippen molar-refractivity contribution in [2.24, 2.45) is 0 Å². The van der Waals surface area contributed by atoms with Crippen LogP contribution in [-0.2, 0) is 11.3 Å². The molecule has 0 spiro atoms. The Kier molecular flexibility index (Phi) is 5.18. The predicted molar refractivity (Wildman–Crippen MR) is 81.9 cm³/mol. The van der Waals surface area contributed by atoms with Crippen molar-refractivity contribution in [3.63, 3.8) is 0 Å². The lowest BCUT2D eigenvalue weighted by Gasteiger charge is -2.16. The van der Waals surface area contributed by atoms with E-state index in [9.17, 15) is 0 Å². The third-order valence-electron chi connectivity index (χ3n) is 3.29. The van der Waals surface area contributed by atoms with E-state index in [0.717, 1.165) is 31.2 Å². The summed E-state index contributed by atoms with van der Waals surface area (Å²) in [4.78, 5) is 4.57. The molecule has 0 bridgehead atoms. The highest BCUT2D eigenvalue weighted by atomic mass is 16.5. The molecule has 2 aromatic rings. The molecule has 1 N–H and O–H groups in total. The number of benzene rings is 1. The van der Waals surface area contributed by atoms with Crippen molar-refractivity contribution in [3.8, 4) is 0 Å². The molecule has 0 amide bonds. The Morgan fingerprint density at radius 2 is 2.05 bits per heavy atom. The lowest BCUT2D eigenvalue weighted by atomic mass is 10.1. The summed E-state index contributed by atoms with van der Waals surface area (Å²) in [6.07, 6.45) is 3.07. The molecule has 1 atom stereocenters. The van der Waals surface area contributed by atoms with E-state index in [-0.39, 0.29) is 6.04 Å². The number of nitrogens with zero attached hydrogens (tertiary/aromatic N) is 2. The number of nitrogens with one attached hydrogen (secondary N) is 1. The predicted octanol–water partition coefficient (Wildman–Crippen LogP) is 3.40. The minimum Gasteiger partial charge on any atom is -0.385 e. The van der Waals surface area contributed by atoms with Crippen LogP contribution >= 0.6 is 0 Å². The Labute approximate surface area is 120 Å². The first kappa shape index (κ1) is 14.6. The van der Waals surface area contributed by atoms with Gasteiger partial charge in [-0.3, -0.25) is 0 Å². The fourth-order valence-corrected chi connectivity index (χ4v) is 2.23. The van der Waals surface area contributed by atoms with Gasteiger partial charge in [-0.25, -0.2) is 4.98 Å². The summed E-state index contributed by atoms with van der Waals surface area (Å²) in [5.41, 5.74) is 2.29. The smallest absolute Gasteiger partial charge is 0.203 e. The van der Waals surface area contributed by atoms with Crippen LogP contribution in [0.1, 0.15) is 30.6 Å². The summed E-state index contributed by atoms with van der Waals surface area (Å²) in [6.45, 7) is 5.85. The molecule has 0 aliphatic rings. The van der Waals surface area contributed by atoms with E-state index >= 15 is 0 Å². The van der Waals surface area contributed by atoms with Crippen LogP contribution in [0.3, 0.4) is 0 Å². The molecular formula is C16H23N3O. The first-order chi connectivity index (χ1) is 9.70. The van der Waals surface area contributed by atoms with Crippen LogP contribution in [0.2, 0.25) is 0 Å². The van der Waals surface area contributed by atoms with Crippen molar-refractivity contribution >= 4 is 5.95 Å². The Hall–Kier alpha value is -1.81. The van der Waals surface area contributed by atoms with Gasteiger partial charge in [0.15, 0.2) is 0 Å². The van der Waals surface area contributed by atoms with Crippen LogP contribution in [-0.4, -0.2) is 23.3 Å². The van der Waals surface area contributed by atoms with Gasteiger partial charge in [0, 0.05) is 26.5 Å². The summed E-state index contributed by atoms with van der Waals surface area (Å²) in [6, 6.07) is 10.6. The maximum Gasteiger partial charge on any atom is 0.203 e. The minimum atomic E-state index is 0.235. The number of imidazole rings is 1. The van der Waals surface area contributed by atoms with Gasteiger partial charge in [-0.2, -0.15) is 0 Å². The highest BCUT2D eigenvalue weighted by Gasteiger charge is 2.10. The van der Waals surface area contributed by atoms with Crippen molar-refractivity contribution < 1.29 is 4.74 Å². The zero-order chi connectivity index (χ0) is 14.4. The Morgan fingerprint density at radius 3 is 2.75 bits per heavy atom. The third kappa shape index (κ3) is 3.84. The van der Waals surface area contributed by atoms with E-state index < -0.39 is 0 Å². The normalized spacial score (nSPS) is 12.3. The van der Waals surface area contributed by atoms with Crippen LogP contribution in [0.15, 0.2) is 36.5 Å². The molecule has 1 unspecified atom stereocenters. The fourth-order valence-electron chi connectivity index (χ4n) is 2.23. The number of hydrogen-bond acceptors (Lipinski definition) is 3. The molecule has 0 fully saturated rings. The molecule has 2 rings (SSSR count). The molecule has 0 saturated carbocycles. The van der Waals surface area contributed by atoms with Gasteiger partial charge >= 0.3 is 0 Å². The van der Waals surface area contributed by atoms with E-state index in [1.54, 1.807) is 7.11 Å². The number of methoxy groups -OCH3 is 1. The van der Waals surface area contributed by atoms with Gasteiger partial charge in [-0.15, -0.1) is 0 Å². The molecule has 20 heavy (non-hydrogen) atoms. The number of anilines is 1. The summed E-state index contributed by atoms with van der Waals surface area (Å²) in [7, 11) is 1.73. The lowest BCUT2D eigenvalue weighted by Crippen LogP contribution is -2.12. The lowest BCUT2D eigenvalue weighted by molar-refractivity contribution is 0.190. The zero-order valence-corrected chi connectivity index (χ0v) is 12.5. The van der Waals surface area contributed by atoms with Gasteiger partial charge < -0.3 is 14.6 Å². The van der Waals surface area contributed by atoms with Crippen molar-refractivity contribution in [1.29, 1.82) is 0 Å². The van der Waals surface area contributed by atoms with Crippen LogP contribution in [0.4, 0.5) is 5.95 Å². The first-order valence-corrected chi connectivity index (χ1v) is 7.05. The fraction of sp³-hybridized carbons (Fsp3) is 0.438. The monoisotopic (exact) mass is 273 g/mol. The summed E-state index contributed by atoms with van der Waals surface area (Å²) in [5.74, 6) is 0.926. The standard InChI is InChI=1S/C16H23N3O/c1-13-12-19(10-7-11-20-3)16(17-13)18-14(2)15-8-5-4-6-9-15/h4-6,8-9,12,14H,7,10-11H2,1-3H3,(H,17,18). The highest BCUT2D eigenvalue weighted by molar-refractivity contribution is 5.34. The first-order valence-electron chi connectivity index (χ1n) is 7.05. The summed E-state index contributed by atoms with van der Waals surface area (Å²) < 4.78 is 7.27. The van der Waals surface area contributed by atoms with Crippen molar-refractivity contribution in [2.45, 2.75) is 32.9 Å². The number of hydrogen-bond donors (Lipinski definition) is 1. The zero-order valence-electron chi connectivity index (χ0n) is 12.5. The van der Waals surface area contributed by atoms with Gasteiger partial charge in [-0.05, 0) is 25.8 Å². The quantitative estimate of drug-likeness (QED) is 0.786. The Morgan fingerprint density at radius 1 is 1.30 bits per heavy atom. The molecule has 1 heterocycles. The summed E-state index contributed by atoms with van der Waals surface area (Å²) >= 11 is 0. The number of aryl methyl sites for hydroxylation is 2. The summed E-state index contributed by atoms with van der Waals surface area (Å²) in [5, 5.41) is 3.49. The van der Waals surface area contributed by atoms with Crippen molar-refractivity contribution in [2.75, 3.05) is 19.0 Å². The maximum absolute atomic E-state index is 5.11. The molecule has 0 aliphatic carbocycles. The largest absolute Gasteiger partial charge is 0.385 e. The Balaban J connectivity index is 2.05. The Bertz CT molecular complexity index is 522. The molecule has 0 aliphatic heterocycles. The highest BCUT2D eigenvalue weighted by Crippen LogP contribution is 2.19. The van der Waals surface area contributed by atoms with Crippen LogP contribution in [0.25, 0.3) is 0 Å². The van der Waals surface area contributed by atoms with Gasteiger partial charge in [0.2, 0.25) is 5.95 Å². The van der Waals surface area contributed by atoms with E-state index in [2.05, 4.69) is 52.3 Å². The number of ether oxygens (including phenoxy) is 1. The van der Waals surface area contributed by atoms with Gasteiger partial charge in [0.1, 0.15) is 0 Å². The number of rotatable bonds is 7. The molecule has 4 heteroatoms. The minimum absolute atomic E-state index is 0.235. The molecule has 108 valence electrons. The van der Waals surface area contributed by atoms with Crippen molar-refractivity contribution in [3.05, 3.63) is 47.8 Å². The molecule has 1 aromatic carbocycles. The van der Waals surface area contributed by atoms with Gasteiger partial charge in [0.05, 0.1) is 11.7 Å². The molecule has 0 saturated heterocycles. The molecule has 0 radical (unpaired) electrons. The second-order valence-corrected chi connectivity index (χ2v) is 5.02. The van der Waals surface area contributed by atoms with Gasteiger partial charge in [-0.1, -0.05) is 30.3 Å². The van der Waals surface area contributed by atoms with E-state index in [0.29, 0.717) is 0 Å². The second-order valence-electron chi connectivity index (χ2n) is 5.02. The van der Waals surface area contributed by atoms with E-state index in [1.165, 1.54) is 5.56 Å².